The summed E-state index contributed by atoms with van der Waals surface area (Å²) < 4.78 is 1.18. The molecule has 1 aromatic carbocycles. The Morgan fingerprint density at radius 2 is 1.94 bits per heavy atom. The van der Waals surface area contributed by atoms with Crippen molar-refractivity contribution < 1.29 is 0 Å². The lowest BCUT2D eigenvalue weighted by atomic mass is 10.2. The van der Waals surface area contributed by atoms with Crippen LogP contribution in [0.1, 0.15) is 10.4 Å². The molecular weight excluding hydrogens is 308 g/mol. The summed E-state index contributed by atoms with van der Waals surface area (Å²) in [5, 5.41) is 5.26. The minimum Gasteiger partial charge on any atom is -0.388 e. The van der Waals surface area contributed by atoms with Crippen LogP contribution < -0.4 is 5.32 Å². The number of nitrogens with zero attached hydrogens (tertiary/aromatic N) is 1. The SMILES string of the molecule is CNc1ccc(CN(C)Cc2cc(Br)cs2)cc1. The van der Waals surface area contributed by atoms with E-state index < -0.39 is 0 Å². The van der Waals surface area contributed by atoms with E-state index in [4.69, 9.17) is 0 Å². The third-order valence-corrected chi connectivity index (χ3v) is 4.42. The third-order valence-electron chi connectivity index (χ3n) is 2.74. The van der Waals surface area contributed by atoms with Gasteiger partial charge in [-0.1, -0.05) is 12.1 Å². The molecular formula is C14H17BrN2S. The highest BCUT2D eigenvalue weighted by atomic mass is 79.9. The minimum absolute atomic E-state index is 0.972. The number of rotatable bonds is 5. The molecule has 2 aromatic rings. The van der Waals surface area contributed by atoms with E-state index in [1.165, 1.54) is 14.9 Å². The predicted molar refractivity (Wildman–Crippen MR) is 83.2 cm³/mol. The van der Waals surface area contributed by atoms with E-state index in [0.29, 0.717) is 0 Å². The number of halogens is 1. The second-order valence-electron chi connectivity index (χ2n) is 4.35. The minimum atomic E-state index is 0.972. The van der Waals surface area contributed by atoms with Crippen LogP contribution in [-0.2, 0) is 13.1 Å². The van der Waals surface area contributed by atoms with Gasteiger partial charge >= 0.3 is 0 Å². The van der Waals surface area contributed by atoms with Crippen LogP contribution in [0.3, 0.4) is 0 Å². The summed E-state index contributed by atoms with van der Waals surface area (Å²) in [6.45, 7) is 1.96. The molecule has 0 atom stereocenters. The van der Waals surface area contributed by atoms with Crippen LogP contribution in [0.2, 0.25) is 0 Å². The third kappa shape index (κ3) is 3.83. The van der Waals surface area contributed by atoms with Crippen LogP contribution in [-0.4, -0.2) is 19.0 Å². The van der Waals surface area contributed by atoms with Crippen LogP contribution in [0.4, 0.5) is 5.69 Å². The normalized spacial score (nSPS) is 10.9. The summed E-state index contributed by atoms with van der Waals surface area (Å²) in [5.41, 5.74) is 2.50. The maximum atomic E-state index is 3.49. The zero-order chi connectivity index (χ0) is 13.0. The molecule has 1 aromatic heterocycles. The fourth-order valence-electron chi connectivity index (χ4n) is 1.85. The first-order chi connectivity index (χ1) is 8.67. The predicted octanol–water partition coefficient (Wildman–Crippen LogP) is 4.18. The Morgan fingerprint density at radius 3 is 2.50 bits per heavy atom. The summed E-state index contributed by atoms with van der Waals surface area (Å²) in [4.78, 5) is 3.71. The van der Waals surface area contributed by atoms with E-state index in [0.717, 1.165) is 18.8 Å². The lowest BCUT2D eigenvalue weighted by molar-refractivity contribution is 0.322. The molecule has 18 heavy (non-hydrogen) atoms. The van der Waals surface area contributed by atoms with Gasteiger partial charge in [0.15, 0.2) is 0 Å². The standard InChI is InChI=1S/C14H17BrN2S/c1-16-13-5-3-11(4-6-13)8-17(2)9-14-7-12(15)10-18-14/h3-7,10,16H,8-9H2,1-2H3. The van der Waals surface area contributed by atoms with Crippen molar-refractivity contribution in [2.45, 2.75) is 13.1 Å². The molecule has 0 saturated heterocycles. The Labute approximate surface area is 121 Å². The van der Waals surface area contributed by atoms with Crippen LogP contribution in [0, 0.1) is 0 Å². The van der Waals surface area contributed by atoms with E-state index in [9.17, 15) is 0 Å². The monoisotopic (exact) mass is 324 g/mol. The largest absolute Gasteiger partial charge is 0.388 e. The lowest BCUT2D eigenvalue weighted by Gasteiger charge is -2.15. The smallest absolute Gasteiger partial charge is 0.0337 e. The summed E-state index contributed by atoms with van der Waals surface area (Å²) in [7, 11) is 4.09. The summed E-state index contributed by atoms with van der Waals surface area (Å²) >= 11 is 5.29. The Bertz CT molecular complexity index is 493. The molecule has 2 nitrogen and oxygen atoms in total. The maximum absolute atomic E-state index is 3.49. The Hall–Kier alpha value is -0.840. The molecule has 0 saturated carbocycles. The number of hydrogen-bond acceptors (Lipinski definition) is 3. The maximum Gasteiger partial charge on any atom is 0.0337 e. The Balaban J connectivity index is 1.91. The summed E-state index contributed by atoms with van der Waals surface area (Å²) in [6.07, 6.45) is 0. The number of nitrogens with one attached hydrogen (secondary N) is 1. The average molecular weight is 325 g/mol. The van der Waals surface area contributed by atoms with Crippen LogP contribution >= 0.6 is 27.3 Å². The van der Waals surface area contributed by atoms with E-state index in [1.54, 1.807) is 11.3 Å². The molecule has 4 heteroatoms. The molecule has 0 aliphatic rings. The first kappa shape index (κ1) is 13.6. The lowest BCUT2D eigenvalue weighted by Crippen LogP contribution is -2.16. The quantitative estimate of drug-likeness (QED) is 0.887. The van der Waals surface area contributed by atoms with Crippen molar-refractivity contribution in [3.63, 3.8) is 0 Å². The highest BCUT2D eigenvalue weighted by Crippen LogP contribution is 2.21. The van der Waals surface area contributed by atoms with Gasteiger partial charge in [-0.3, -0.25) is 4.90 Å². The van der Waals surface area contributed by atoms with Gasteiger partial charge in [0.2, 0.25) is 0 Å². The molecule has 0 unspecified atom stereocenters. The second-order valence-corrected chi connectivity index (χ2v) is 6.26. The van der Waals surface area contributed by atoms with Crippen molar-refractivity contribution in [3.05, 3.63) is 50.6 Å². The Morgan fingerprint density at radius 1 is 1.22 bits per heavy atom. The van der Waals surface area contributed by atoms with Gasteiger partial charge < -0.3 is 5.32 Å². The van der Waals surface area contributed by atoms with Crippen LogP contribution in [0.25, 0.3) is 0 Å². The van der Waals surface area contributed by atoms with Crippen molar-refractivity contribution in [2.75, 3.05) is 19.4 Å². The first-order valence-electron chi connectivity index (χ1n) is 5.85. The van der Waals surface area contributed by atoms with Crippen molar-refractivity contribution >= 4 is 33.0 Å². The molecule has 2 rings (SSSR count). The number of benzene rings is 1. The van der Waals surface area contributed by atoms with Gasteiger partial charge in [0.25, 0.3) is 0 Å². The molecule has 0 aliphatic heterocycles. The van der Waals surface area contributed by atoms with Crippen molar-refractivity contribution in [1.29, 1.82) is 0 Å². The van der Waals surface area contributed by atoms with Crippen molar-refractivity contribution in [1.82, 2.24) is 4.90 Å². The van der Waals surface area contributed by atoms with E-state index in [1.807, 2.05) is 7.05 Å². The fraction of sp³-hybridized carbons (Fsp3) is 0.286. The van der Waals surface area contributed by atoms with Crippen LogP contribution in [0.15, 0.2) is 40.2 Å². The first-order valence-corrected chi connectivity index (χ1v) is 7.53. The molecule has 1 heterocycles. The van der Waals surface area contributed by atoms with Gasteiger partial charge in [-0.2, -0.15) is 0 Å². The van der Waals surface area contributed by atoms with Gasteiger partial charge in [0.05, 0.1) is 0 Å². The van der Waals surface area contributed by atoms with Gasteiger partial charge in [0, 0.05) is 40.6 Å². The van der Waals surface area contributed by atoms with Crippen LogP contribution in [0.5, 0.6) is 0 Å². The van der Waals surface area contributed by atoms with E-state index in [2.05, 4.69) is 68.9 Å². The Kier molecular flexibility index (Phi) is 4.80. The molecule has 0 radical (unpaired) electrons. The number of hydrogen-bond donors (Lipinski definition) is 1. The highest BCUT2D eigenvalue weighted by Gasteiger charge is 2.04. The molecule has 0 bridgehead atoms. The highest BCUT2D eigenvalue weighted by molar-refractivity contribution is 9.10. The number of thiophene rings is 1. The summed E-state index contributed by atoms with van der Waals surface area (Å²) in [6, 6.07) is 10.8. The van der Waals surface area contributed by atoms with E-state index in [-0.39, 0.29) is 0 Å². The summed E-state index contributed by atoms with van der Waals surface area (Å²) in [5.74, 6) is 0. The molecule has 96 valence electrons. The van der Waals surface area contributed by atoms with Gasteiger partial charge in [0.1, 0.15) is 0 Å². The van der Waals surface area contributed by atoms with Gasteiger partial charge in [-0.25, -0.2) is 0 Å². The average Bonchev–Trinajstić information content (AvgIpc) is 2.75. The van der Waals surface area contributed by atoms with E-state index >= 15 is 0 Å². The zero-order valence-electron chi connectivity index (χ0n) is 10.6. The molecule has 0 fully saturated rings. The molecule has 1 N–H and O–H groups in total. The number of anilines is 1. The molecule has 0 amide bonds. The van der Waals surface area contributed by atoms with Gasteiger partial charge in [-0.15, -0.1) is 11.3 Å². The zero-order valence-corrected chi connectivity index (χ0v) is 13.0. The van der Waals surface area contributed by atoms with Crippen molar-refractivity contribution in [3.8, 4) is 0 Å². The second kappa shape index (κ2) is 6.36. The van der Waals surface area contributed by atoms with Gasteiger partial charge in [-0.05, 0) is 46.7 Å². The fourth-order valence-corrected chi connectivity index (χ4v) is 3.38. The topological polar surface area (TPSA) is 15.3 Å². The van der Waals surface area contributed by atoms with Crippen molar-refractivity contribution in [2.24, 2.45) is 0 Å². The molecule has 0 spiro atoms. The molecule has 0 aliphatic carbocycles.